The lowest BCUT2D eigenvalue weighted by Crippen LogP contribution is -2.32. The molecule has 148 valence electrons. The van der Waals surface area contributed by atoms with Crippen molar-refractivity contribution in [2.45, 2.75) is 25.7 Å². The summed E-state index contributed by atoms with van der Waals surface area (Å²) in [5, 5.41) is 11.8. The summed E-state index contributed by atoms with van der Waals surface area (Å²) < 4.78 is 32.2. The van der Waals surface area contributed by atoms with E-state index in [1.54, 1.807) is 6.07 Å². The third kappa shape index (κ3) is 4.82. The lowest BCUT2D eigenvalue weighted by atomic mass is 9.82. The lowest BCUT2D eigenvalue weighted by molar-refractivity contribution is -0.143. The second kappa shape index (κ2) is 8.77. The van der Waals surface area contributed by atoms with Crippen LogP contribution in [0, 0.1) is 23.5 Å². The Hall–Kier alpha value is -3.03. The number of aromatic nitrogens is 1. The molecule has 1 aliphatic carbocycles. The molecule has 1 aromatic carbocycles. The Bertz CT molecular complexity index is 867. The highest BCUT2D eigenvalue weighted by Crippen LogP contribution is 2.29. The molecule has 1 aliphatic rings. The van der Waals surface area contributed by atoms with E-state index in [4.69, 9.17) is 9.84 Å². The molecule has 2 aromatic rings. The number of amides is 1. The van der Waals surface area contributed by atoms with Gasteiger partial charge in [0.2, 0.25) is 5.88 Å². The number of carbonyl (C=O) groups excluding carboxylic acids is 1. The van der Waals surface area contributed by atoms with Gasteiger partial charge in [-0.25, -0.2) is 13.8 Å². The van der Waals surface area contributed by atoms with Gasteiger partial charge in [0.1, 0.15) is 11.4 Å². The van der Waals surface area contributed by atoms with Gasteiger partial charge in [0, 0.05) is 18.8 Å². The summed E-state index contributed by atoms with van der Waals surface area (Å²) in [6.45, 7) is 0.407. The van der Waals surface area contributed by atoms with Crippen LogP contribution in [0.3, 0.4) is 0 Å². The van der Waals surface area contributed by atoms with Crippen LogP contribution in [0.4, 0.5) is 8.78 Å². The van der Waals surface area contributed by atoms with Crippen molar-refractivity contribution in [3.63, 3.8) is 0 Å². The number of carboxylic acid groups (broad SMARTS) is 1. The standard InChI is InChI=1S/C20H20F2N2O4/c21-14-7-8-17(16(22)10-14)28-19-15(2-1-9-23-19)18(25)24-11-12-3-5-13(6-4-12)20(26)27/h1-2,7-10,12-13H,3-6,11H2,(H,24,25)(H,26,27). The first-order chi connectivity index (χ1) is 13.4. The van der Waals surface area contributed by atoms with Gasteiger partial charge >= 0.3 is 5.97 Å². The van der Waals surface area contributed by atoms with E-state index < -0.39 is 23.5 Å². The number of hydrogen-bond donors (Lipinski definition) is 2. The molecule has 0 unspecified atom stereocenters. The van der Waals surface area contributed by atoms with Crippen LogP contribution in [0.15, 0.2) is 36.5 Å². The third-order valence-corrected chi connectivity index (χ3v) is 4.86. The highest BCUT2D eigenvalue weighted by Gasteiger charge is 2.26. The van der Waals surface area contributed by atoms with Gasteiger partial charge in [0.05, 0.1) is 5.92 Å². The largest absolute Gasteiger partial charge is 0.481 e. The Balaban J connectivity index is 1.62. The number of carbonyl (C=O) groups is 2. The van der Waals surface area contributed by atoms with Gasteiger partial charge in [-0.1, -0.05) is 0 Å². The molecule has 28 heavy (non-hydrogen) atoms. The minimum absolute atomic E-state index is 0.0832. The van der Waals surface area contributed by atoms with E-state index in [1.807, 2.05) is 0 Å². The molecular formula is C20H20F2N2O4. The van der Waals surface area contributed by atoms with Gasteiger partial charge < -0.3 is 15.2 Å². The monoisotopic (exact) mass is 390 g/mol. The van der Waals surface area contributed by atoms with Gasteiger partial charge in [-0.15, -0.1) is 0 Å². The number of aliphatic carboxylic acids is 1. The van der Waals surface area contributed by atoms with Crippen LogP contribution in [-0.4, -0.2) is 28.5 Å². The molecule has 1 fully saturated rings. The minimum atomic E-state index is -0.896. The molecule has 1 aromatic heterocycles. The lowest BCUT2D eigenvalue weighted by Gasteiger charge is -2.26. The second-order valence-electron chi connectivity index (χ2n) is 6.80. The Kier molecular flexibility index (Phi) is 6.18. The fraction of sp³-hybridized carbons (Fsp3) is 0.350. The van der Waals surface area contributed by atoms with Crippen LogP contribution in [0.1, 0.15) is 36.0 Å². The Labute approximate surface area is 160 Å². The number of hydrogen-bond acceptors (Lipinski definition) is 4. The SMILES string of the molecule is O=C(NCC1CCC(C(=O)O)CC1)c1cccnc1Oc1ccc(F)cc1F. The topological polar surface area (TPSA) is 88.5 Å². The molecule has 8 heteroatoms. The number of nitrogens with one attached hydrogen (secondary N) is 1. The Morgan fingerprint density at radius 3 is 2.61 bits per heavy atom. The van der Waals surface area contributed by atoms with Gasteiger partial charge in [-0.2, -0.15) is 0 Å². The first-order valence-electron chi connectivity index (χ1n) is 9.03. The molecule has 0 aliphatic heterocycles. The number of halogens is 2. The fourth-order valence-electron chi connectivity index (χ4n) is 3.25. The predicted molar refractivity (Wildman–Crippen MR) is 96.1 cm³/mol. The normalized spacial score (nSPS) is 19.1. The molecule has 0 saturated heterocycles. The summed E-state index contributed by atoms with van der Waals surface area (Å²) in [6, 6.07) is 5.92. The average Bonchev–Trinajstić information content (AvgIpc) is 2.69. The molecule has 0 atom stereocenters. The molecule has 1 heterocycles. The molecule has 1 saturated carbocycles. The van der Waals surface area contributed by atoms with E-state index in [1.165, 1.54) is 12.3 Å². The Morgan fingerprint density at radius 1 is 1.18 bits per heavy atom. The molecule has 2 N–H and O–H groups in total. The molecular weight excluding hydrogens is 370 g/mol. The van der Waals surface area contributed by atoms with Crippen LogP contribution >= 0.6 is 0 Å². The highest BCUT2D eigenvalue weighted by molar-refractivity contribution is 5.96. The first-order valence-corrected chi connectivity index (χ1v) is 9.03. The van der Waals surface area contributed by atoms with Gasteiger partial charge in [-0.05, 0) is 55.9 Å². The minimum Gasteiger partial charge on any atom is -0.481 e. The molecule has 0 spiro atoms. The fourth-order valence-corrected chi connectivity index (χ4v) is 3.25. The average molecular weight is 390 g/mol. The van der Waals surface area contributed by atoms with Gasteiger partial charge in [0.25, 0.3) is 5.91 Å². The number of rotatable bonds is 6. The van der Waals surface area contributed by atoms with Crippen LogP contribution in [0.5, 0.6) is 11.6 Å². The van der Waals surface area contributed by atoms with E-state index in [0.29, 0.717) is 25.5 Å². The number of pyridine rings is 1. The summed E-state index contributed by atoms with van der Waals surface area (Å²) in [4.78, 5) is 27.5. The molecule has 3 rings (SSSR count). The second-order valence-corrected chi connectivity index (χ2v) is 6.80. The summed E-state index contributed by atoms with van der Waals surface area (Å²) in [7, 11) is 0. The van der Waals surface area contributed by atoms with Crippen molar-refractivity contribution in [1.29, 1.82) is 0 Å². The van der Waals surface area contributed by atoms with Gasteiger partial charge in [-0.3, -0.25) is 9.59 Å². The molecule has 1 amide bonds. The van der Waals surface area contributed by atoms with Crippen molar-refractivity contribution in [1.82, 2.24) is 10.3 Å². The number of benzene rings is 1. The number of ether oxygens (including phenoxy) is 1. The third-order valence-electron chi connectivity index (χ3n) is 4.86. The summed E-state index contributed by atoms with van der Waals surface area (Å²) in [5.74, 6) is -3.25. The van der Waals surface area contributed by atoms with Crippen molar-refractivity contribution in [2.75, 3.05) is 6.54 Å². The maximum atomic E-state index is 13.8. The maximum Gasteiger partial charge on any atom is 0.306 e. The van der Waals surface area contributed by atoms with E-state index in [9.17, 15) is 18.4 Å². The van der Waals surface area contributed by atoms with Crippen LogP contribution < -0.4 is 10.1 Å². The number of carboxylic acids is 1. The maximum absolute atomic E-state index is 13.8. The summed E-state index contributed by atoms with van der Waals surface area (Å²) in [6.07, 6.45) is 4.06. The smallest absolute Gasteiger partial charge is 0.306 e. The van der Waals surface area contributed by atoms with Crippen LogP contribution in [-0.2, 0) is 4.79 Å². The van der Waals surface area contributed by atoms with Crippen molar-refractivity contribution >= 4 is 11.9 Å². The summed E-state index contributed by atoms with van der Waals surface area (Å²) >= 11 is 0. The zero-order valence-corrected chi connectivity index (χ0v) is 15.0. The molecule has 0 radical (unpaired) electrons. The zero-order valence-electron chi connectivity index (χ0n) is 15.0. The van der Waals surface area contributed by atoms with Crippen molar-refractivity contribution < 1.29 is 28.2 Å². The van der Waals surface area contributed by atoms with Gasteiger partial charge in [0.15, 0.2) is 11.6 Å². The quantitative estimate of drug-likeness (QED) is 0.784. The predicted octanol–water partition coefficient (Wildman–Crippen LogP) is 3.77. The van der Waals surface area contributed by atoms with Crippen molar-refractivity contribution in [3.05, 3.63) is 53.7 Å². The van der Waals surface area contributed by atoms with E-state index in [-0.39, 0.29) is 29.0 Å². The van der Waals surface area contributed by atoms with E-state index >= 15 is 0 Å². The molecule has 0 bridgehead atoms. The van der Waals surface area contributed by atoms with Crippen LogP contribution in [0.2, 0.25) is 0 Å². The molecule has 6 nitrogen and oxygen atoms in total. The van der Waals surface area contributed by atoms with Crippen molar-refractivity contribution in [2.24, 2.45) is 11.8 Å². The van der Waals surface area contributed by atoms with E-state index in [0.717, 1.165) is 25.0 Å². The number of nitrogens with zero attached hydrogens (tertiary/aromatic N) is 1. The highest BCUT2D eigenvalue weighted by atomic mass is 19.1. The first kappa shape index (κ1) is 19.7. The Morgan fingerprint density at radius 2 is 1.93 bits per heavy atom. The van der Waals surface area contributed by atoms with Crippen LogP contribution in [0.25, 0.3) is 0 Å². The zero-order chi connectivity index (χ0) is 20.1. The summed E-state index contributed by atoms with van der Waals surface area (Å²) in [5.41, 5.74) is 0.130. The van der Waals surface area contributed by atoms with Crippen molar-refractivity contribution in [3.8, 4) is 11.6 Å². The van der Waals surface area contributed by atoms with E-state index in [2.05, 4.69) is 10.3 Å².